The van der Waals surface area contributed by atoms with Gasteiger partial charge in [0.2, 0.25) is 0 Å². The molecule has 0 bridgehead atoms. The molecule has 0 unspecified atom stereocenters. The number of hydrogen-bond donors (Lipinski definition) is 1. The van der Waals surface area contributed by atoms with Gasteiger partial charge in [-0.1, -0.05) is 65.7 Å². The highest BCUT2D eigenvalue weighted by Gasteiger charge is 2.25. The Morgan fingerprint density at radius 3 is 2.08 bits per heavy atom. The van der Waals surface area contributed by atoms with E-state index in [2.05, 4.69) is 5.32 Å². The van der Waals surface area contributed by atoms with E-state index in [1.165, 1.54) is 0 Å². The van der Waals surface area contributed by atoms with Crippen LogP contribution in [0.25, 0.3) is 11.1 Å². The van der Waals surface area contributed by atoms with E-state index >= 15 is 0 Å². The molecule has 1 aliphatic heterocycles. The number of benzene rings is 2. The first-order chi connectivity index (χ1) is 12.5. The van der Waals surface area contributed by atoms with Gasteiger partial charge in [0.1, 0.15) is 0 Å². The molecule has 0 atom stereocenters. The summed E-state index contributed by atoms with van der Waals surface area (Å²) in [5.74, 6) is -0.364. The van der Waals surface area contributed by atoms with Crippen molar-refractivity contribution in [2.45, 2.75) is 23.7 Å². The Hall–Kier alpha value is -2.04. The first-order valence-electron chi connectivity index (χ1n) is 8.58. The van der Waals surface area contributed by atoms with Crippen molar-refractivity contribution in [1.82, 2.24) is 10.2 Å². The maximum atomic E-state index is 12.7. The van der Waals surface area contributed by atoms with Gasteiger partial charge in [0.05, 0.1) is 0 Å². The molecule has 1 N–H and O–H groups in total. The Morgan fingerprint density at radius 1 is 0.923 bits per heavy atom. The molecule has 1 fully saturated rings. The lowest BCUT2D eigenvalue weighted by molar-refractivity contribution is -0.120. The molecule has 0 radical (unpaired) electrons. The lowest BCUT2D eigenvalue weighted by atomic mass is 10.0. The molecule has 1 saturated heterocycles. The van der Waals surface area contributed by atoms with E-state index in [-0.39, 0.29) is 17.9 Å². The van der Waals surface area contributed by atoms with Crippen molar-refractivity contribution in [2.75, 3.05) is 13.1 Å². The van der Waals surface area contributed by atoms with Crippen LogP contribution < -0.4 is 5.32 Å². The normalized spacial score (nSPS) is 15.1. The summed E-state index contributed by atoms with van der Waals surface area (Å²) >= 11 is 11.1. The number of likely N-dealkylation sites (tertiary alicyclic amines) is 1. The van der Waals surface area contributed by atoms with Crippen LogP contribution in [-0.2, 0) is 4.79 Å². The van der Waals surface area contributed by atoms with Crippen LogP contribution in [0.3, 0.4) is 0 Å². The van der Waals surface area contributed by atoms with Gasteiger partial charge in [-0.2, -0.15) is 0 Å². The Morgan fingerprint density at radius 2 is 1.50 bits per heavy atom. The second-order valence-electron chi connectivity index (χ2n) is 6.32. The summed E-state index contributed by atoms with van der Waals surface area (Å²) in [6.07, 6.45) is 1.39. The first kappa shape index (κ1) is 18.7. The van der Waals surface area contributed by atoms with Gasteiger partial charge < -0.3 is 10.2 Å². The van der Waals surface area contributed by atoms with Crippen LogP contribution in [0.5, 0.6) is 0 Å². The Balaban J connectivity index is 1.58. The minimum Gasteiger partial charge on any atom is -0.351 e. The van der Waals surface area contributed by atoms with Gasteiger partial charge in [-0.3, -0.25) is 9.59 Å². The third kappa shape index (κ3) is 4.57. The maximum absolute atomic E-state index is 12.7. The smallest absolute Gasteiger partial charge is 0.253 e. The third-order valence-electron chi connectivity index (χ3n) is 4.57. The van der Waals surface area contributed by atoms with Gasteiger partial charge in [-0.25, -0.2) is 0 Å². The van der Waals surface area contributed by atoms with Crippen LogP contribution in [0.2, 0.25) is 0 Å². The summed E-state index contributed by atoms with van der Waals surface area (Å²) in [5, 5.41) is 2.80. The summed E-state index contributed by atoms with van der Waals surface area (Å²) in [6, 6.07) is 17.7. The second-order valence-corrected chi connectivity index (χ2v) is 7.42. The van der Waals surface area contributed by atoms with E-state index in [0.29, 0.717) is 31.5 Å². The molecular formula is C20H20Cl2N2O2. The van der Waals surface area contributed by atoms with Crippen LogP contribution in [0.4, 0.5) is 0 Å². The monoisotopic (exact) mass is 390 g/mol. The Bertz CT molecular complexity index is 755. The van der Waals surface area contributed by atoms with Gasteiger partial charge in [0.25, 0.3) is 11.8 Å². The fourth-order valence-corrected chi connectivity index (χ4v) is 3.24. The fourth-order valence-electron chi connectivity index (χ4n) is 3.11. The number of alkyl halides is 2. The van der Waals surface area contributed by atoms with Crippen molar-refractivity contribution in [3.05, 3.63) is 60.2 Å². The van der Waals surface area contributed by atoms with Crippen LogP contribution in [0, 0.1) is 0 Å². The van der Waals surface area contributed by atoms with Gasteiger partial charge >= 0.3 is 0 Å². The Kier molecular flexibility index (Phi) is 6.17. The molecule has 2 amide bonds. The zero-order chi connectivity index (χ0) is 18.5. The zero-order valence-electron chi connectivity index (χ0n) is 14.2. The maximum Gasteiger partial charge on any atom is 0.253 e. The van der Waals surface area contributed by atoms with Gasteiger partial charge in [-0.05, 0) is 36.1 Å². The molecule has 0 aliphatic carbocycles. The van der Waals surface area contributed by atoms with E-state index in [9.17, 15) is 9.59 Å². The number of nitrogens with zero attached hydrogens (tertiary/aromatic N) is 1. The van der Waals surface area contributed by atoms with Crippen LogP contribution in [0.15, 0.2) is 54.6 Å². The van der Waals surface area contributed by atoms with Crippen LogP contribution >= 0.6 is 23.2 Å². The molecular weight excluding hydrogens is 371 g/mol. The van der Waals surface area contributed by atoms with Crippen molar-refractivity contribution in [1.29, 1.82) is 0 Å². The molecule has 0 aromatic heterocycles. The van der Waals surface area contributed by atoms with Gasteiger partial charge in [-0.15, -0.1) is 0 Å². The van der Waals surface area contributed by atoms with E-state index in [1.807, 2.05) is 59.5 Å². The summed E-state index contributed by atoms with van der Waals surface area (Å²) in [6.45, 7) is 1.19. The molecule has 26 heavy (non-hydrogen) atoms. The standard InChI is InChI=1S/C20H20Cl2N2O2/c21-18(22)19(25)23-17-10-12-24(13-11-17)20(26)16-8-6-15(7-9-16)14-4-2-1-3-5-14/h1-9,17-18H,10-13H2,(H,23,25). The van der Waals surface area contributed by atoms with Crippen molar-refractivity contribution in [3.63, 3.8) is 0 Å². The number of piperidine rings is 1. The number of amides is 2. The highest BCUT2D eigenvalue weighted by molar-refractivity contribution is 6.53. The first-order valence-corrected chi connectivity index (χ1v) is 9.45. The number of rotatable bonds is 4. The van der Waals surface area contributed by atoms with Crippen molar-refractivity contribution in [3.8, 4) is 11.1 Å². The third-order valence-corrected chi connectivity index (χ3v) is 4.96. The molecule has 4 nitrogen and oxygen atoms in total. The van der Waals surface area contributed by atoms with Gasteiger partial charge in [0, 0.05) is 24.7 Å². The predicted molar refractivity (Wildman–Crippen MR) is 104 cm³/mol. The summed E-state index contributed by atoms with van der Waals surface area (Å²) < 4.78 is 0. The summed E-state index contributed by atoms with van der Waals surface area (Å²) in [7, 11) is 0. The highest BCUT2D eigenvalue weighted by atomic mass is 35.5. The van der Waals surface area contributed by atoms with Gasteiger partial charge in [0.15, 0.2) is 4.84 Å². The highest BCUT2D eigenvalue weighted by Crippen LogP contribution is 2.21. The largest absolute Gasteiger partial charge is 0.351 e. The number of nitrogens with one attached hydrogen (secondary N) is 1. The SMILES string of the molecule is O=C(NC1CCN(C(=O)c2ccc(-c3ccccc3)cc2)CC1)C(Cl)Cl. The second kappa shape index (κ2) is 8.56. The van der Waals surface area contributed by atoms with Crippen molar-refractivity contribution < 1.29 is 9.59 Å². The molecule has 1 heterocycles. The van der Waals surface area contributed by atoms with Crippen LogP contribution in [0.1, 0.15) is 23.2 Å². The fraction of sp³-hybridized carbons (Fsp3) is 0.300. The molecule has 136 valence electrons. The molecule has 6 heteroatoms. The molecule has 1 aliphatic rings. The van der Waals surface area contributed by atoms with E-state index in [0.717, 1.165) is 11.1 Å². The number of hydrogen-bond acceptors (Lipinski definition) is 2. The number of carbonyl (C=O) groups is 2. The average Bonchev–Trinajstić information content (AvgIpc) is 2.69. The minimum absolute atomic E-state index is 0.00649. The lowest BCUT2D eigenvalue weighted by Gasteiger charge is -2.32. The van der Waals surface area contributed by atoms with Crippen molar-refractivity contribution in [2.24, 2.45) is 0 Å². The minimum atomic E-state index is -1.06. The number of halogens is 2. The van der Waals surface area contributed by atoms with E-state index < -0.39 is 4.84 Å². The number of carbonyl (C=O) groups excluding carboxylic acids is 2. The molecule has 0 spiro atoms. The zero-order valence-corrected chi connectivity index (χ0v) is 15.7. The summed E-state index contributed by atoms with van der Waals surface area (Å²) in [5.41, 5.74) is 2.88. The summed E-state index contributed by atoms with van der Waals surface area (Å²) in [4.78, 5) is 25.0. The molecule has 0 saturated carbocycles. The lowest BCUT2D eigenvalue weighted by Crippen LogP contribution is -2.47. The molecule has 2 aromatic rings. The van der Waals surface area contributed by atoms with Crippen LogP contribution in [-0.4, -0.2) is 40.7 Å². The predicted octanol–water partition coefficient (Wildman–Crippen LogP) is 3.88. The van der Waals surface area contributed by atoms with E-state index in [4.69, 9.17) is 23.2 Å². The molecule has 3 rings (SSSR count). The quantitative estimate of drug-likeness (QED) is 0.805. The average molecular weight is 391 g/mol. The topological polar surface area (TPSA) is 49.4 Å². The van der Waals surface area contributed by atoms with Crippen molar-refractivity contribution >= 4 is 35.0 Å². The molecule has 2 aromatic carbocycles. The van der Waals surface area contributed by atoms with E-state index in [1.54, 1.807) is 0 Å². The Labute approximate surface area is 163 Å².